The molecule has 6 heteroatoms. The Bertz CT molecular complexity index is 556. The Morgan fingerprint density at radius 2 is 1.29 bits per heavy atom. The number of rotatable bonds is 2. The molecule has 0 saturated carbocycles. The van der Waals surface area contributed by atoms with Gasteiger partial charge in [0.1, 0.15) is 0 Å². The van der Waals surface area contributed by atoms with E-state index >= 15 is 0 Å². The molecule has 0 aliphatic rings. The molecular formula is C15H15NO4Pd. The Hall–Kier alpha value is -2.00. The van der Waals surface area contributed by atoms with Crippen molar-refractivity contribution >= 4 is 17.6 Å². The Morgan fingerprint density at radius 1 is 0.905 bits per heavy atom. The molecule has 2 aromatic carbocycles. The zero-order chi connectivity index (χ0) is 15.0. The second-order valence-corrected chi connectivity index (χ2v) is 3.84. The van der Waals surface area contributed by atoms with Crippen molar-refractivity contribution < 1.29 is 40.3 Å². The third-order valence-corrected chi connectivity index (χ3v) is 2.21. The van der Waals surface area contributed by atoms with E-state index in [9.17, 15) is 10.0 Å². The Balaban J connectivity index is 0.000000715. The van der Waals surface area contributed by atoms with Crippen LogP contribution in [0, 0.1) is 0 Å². The number of anilines is 1. The first-order valence-electron chi connectivity index (χ1n) is 5.85. The molecule has 0 heterocycles. The summed E-state index contributed by atoms with van der Waals surface area (Å²) in [6.07, 6.45) is 0. The van der Waals surface area contributed by atoms with Gasteiger partial charge in [-0.25, -0.2) is 0 Å². The van der Waals surface area contributed by atoms with E-state index in [1.807, 2.05) is 12.1 Å². The van der Waals surface area contributed by atoms with E-state index in [1.54, 1.807) is 48.5 Å². The van der Waals surface area contributed by atoms with Gasteiger partial charge in [-0.2, -0.15) is 5.06 Å². The molecule has 0 aliphatic heterocycles. The largest absolute Gasteiger partial charge is 0.481 e. The number of nitrogens with zero attached hydrogens (tertiary/aromatic N) is 1. The van der Waals surface area contributed by atoms with Crippen LogP contribution in [0.15, 0.2) is 60.7 Å². The number of amides is 1. The quantitative estimate of drug-likeness (QED) is 0.478. The first-order chi connectivity index (χ1) is 9.52. The van der Waals surface area contributed by atoms with E-state index in [4.69, 9.17) is 9.90 Å². The monoisotopic (exact) mass is 379 g/mol. The number of carbonyl (C=O) groups is 2. The molecule has 1 amide bonds. The fourth-order valence-corrected chi connectivity index (χ4v) is 1.39. The van der Waals surface area contributed by atoms with Crippen LogP contribution in [-0.4, -0.2) is 22.2 Å². The molecule has 0 aromatic heterocycles. The van der Waals surface area contributed by atoms with Crippen molar-refractivity contribution in [1.82, 2.24) is 0 Å². The van der Waals surface area contributed by atoms with Gasteiger partial charge < -0.3 is 5.11 Å². The zero-order valence-corrected chi connectivity index (χ0v) is 12.8. The minimum Gasteiger partial charge on any atom is -0.481 e. The van der Waals surface area contributed by atoms with Crippen LogP contribution >= 0.6 is 0 Å². The van der Waals surface area contributed by atoms with Gasteiger partial charge in [-0.3, -0.25) is 14.8 Å². The first kappa shape index (κ1) is 19.0. The third kappa shape index (κ3) is 6.82. The van der Waals surface area contributed by atoms with Crippen molar-refractivity contribution in [3.8, 4) is 0 Å². The van der Waals surface area contributed by atoms with Gasteiger partial charge in [0.15, 0.2) is 0 Å². The Labute approximate surface area is 136 Å². The summed E-state index contributed by atoms with van der Waals surface area (Å²) in [4.78, 5) is 20.8. The number of carboxylic acid groups (broad SMARTS) is 1. The molecule has 2 rings (SSSR count). The summed E-state index contributed by atoms with van der Waals surface area (Å²) in [5, 5.41) is 17.8. The van der Waals surface area contributed by atoms with Gasteiger partial charge in [0.2, 0.25) is 0 Å². The van der Waals surface area contributed by atoms with Crippen LogP contribution in [0.5, 0.6) is 0 Å². The average molecular weight is 380 g/mol. The smallest absolute Gasteiger partial charge is 0.300 e. The van der Waals surface area contributed by atoms with Gasteiger partial charge in [0.25, 0.3) is 11.9 Å². The van der Waals surface area contributed by atoms with E-state index in [-0.39, 0.29) is 20.4 Å². The minimum atomic E-state index is -0.833. The molecule has 0 saturated heterocycles. The molecule has 2 N–H and O–H groups in total. The second-order valence-electron chi connectivity index (χ2n) is 3.84. The van der Waals surface area contributed by atoms with Crippen molar-refractivity contribution in [1.29, 1.82) is 0 Å². The summed E-state index contributed by atoms with van der Waals surface area (Å²) in [5.41, 5.74) is 0.908. The number of carboxylic acids is 1. The van der Waals surface area contributed by atoms with E-state index in [2.05, 4.69) is 0 Å². The number of hydroxylamine groups is 1. The molecule has 0 bridgehead atoms. The number of para-hydroxylation sites is 1. The normalized spacial score (nSPS) is 8.67. The summed E-state index contributed by atoms with van der Waals surface area (Å²) in [5.74, 6) is -1.27. The Morgan fingerprint density at radius 3 is 1.71 bits per heavy atom. The molecule has 114 valence electrons. The number of hydrogen-bond donors (Lipinski definition) is 2. The van der Waals surface area contributed by atoms with Gasteiger partial charge >= 0.3 is 0 Å². The van der Waals surface area contributed by atoms with Gasteiger partial charge in [-0.1, -0.05) is 36.4 Å². The molecule has 5 nitrogen and oxygen atoms in total. The van der Waals surface area contributed by atoms with Crippen LogP contribution in [0.3, 0.4) is 0 Å². The van der Waals surface area contributed by atoms with E-state index in [0.717, 1.165) is 6.92 Å². The summed E-state index contributed by atoms with van der Waals surface area (Å²) in [6.45, 7) is 1.08. The van der Waals surface area contributed by atoms with Crippen molar-refractivity contribution in [2.45, 2.75) is 6.92 Å². The number of aliphatic carboxylic acids is 1. The van der Waals surface area contributed by atoms with Crippen LogP contribution in [0.4, 0.5) is 5.69 Å². The standard InChI is InChI=1S/C13H11NO2.C2H4O2.Pd/c15-13(11-7-3-1-4-8-11)14(16)12-9-5-2-6-10-12;1-2(3)4;/h1-10,16H;1H3,(H,3,4);. The predicted molar refractivity (Wildman–Crippen MR) is 74.8 cm³/mol. The van der Waals surface area contributed by atoms with Gasteiger partial charge in [0, 0.05) is 32.9 Å². The molecule has 0 aliphatic carbocycles. The third-order valence-electron chi connectivity index (χ3n) is 2.21. The van der Waals surface area contributed by atoms with E-state index < -0.39 is 11.9 Å². The molecule has 0 atom stereocenters. The molecule has 0 fully saturated rings. The molecule has 0 unspecified atom stereocenters. The molecule has 0 spiro atoms. The maximum Gasteiger partial charge on any atom is 0.300 e. The van der Waals surface area contributed by atoms with E-state index in [0.29, 0.717) is 16.3 Å². The zero-order valence-electron chi connectivity index (χ0n) is 11.2. The Kier molecular flexibility index (Phi) is 8.90. The van der Waals surface area contributed by atoms with Crippen LogP contribution in [-0.2, 0) is 25.2 Å². The van der Waals surface area contributed by atoms with Crippen LogP contribution < -0.4 is 5.06 Å². The summed E-state index contributed by atoms with van der Waals surface area (Å²) in [6, 6.07) is 17.3. The fourth-order valence-electron chi connectivity index (χ4n) is 1.39. The second kappa shape index (κ2) is 9.84. The van der Waals surface area contributed by atoms with Gasteiger partial charge in [-0.15, -0.1) is 0 Å². The molecule has 2 aromatic rings. The summed E-state index contributed by atoms with van der Waals surface area (Å²) >= 11 is 0. The molecule has 0 radical (unpaired) electrons. The number of benzene rings is 2. The maximum absolute atomic E-state index is 11.8. The number of carbonyl (C=O) groups excluding carboxylic acids is 1. The van der Waals surface area contributed by atoms with Crippen LogP contribution in [0.25, 0.3) is 0 Å². The van der Waals surface area contributed by atoms with Crippen LogP contribution in [0.1, 0.15) is 17.3 Å². The maximum atomic E-state index is 11.8. The number of hydrogen-bond acceptors (Lipinski definition) is 3. The summed E-state index contributed by atoms with van der Waals surface area (Å²) in [7, 11) is 0. The fraction of sp³-hybridized carbons (Fsp3) is 0.0667. The minimum absolute atomic E-state index is 0. The van der Waals surface area contributed by atoms with Crippen molar-refractivity contribution in [3.63, 3.8) is 0 Å². The predicted octanol–water partition coefficient (Wildman–Crippen LogP) is 2.81. The van der Waals surface area contributed by atoms with Gasteiger partial charge in [0.05, 0.1) is 5.69 Å². The average Bonchev–Trinajstić information content (AvgIpc) is 2.47. The topological polar surface area (TPSA) is 77.8 Å². The van der Waals surface area contributed by atoms with Crippen molar-refractivity contribution in [2.75, 3.05) is 5.06 Å². The SMILES string of the molecule is CC(=O)O.O=C(c1ccccc1)N(O)c1ccccc1.[Pd]. The molecular weight excluding hydrogens is 365 g/mol. The first-order valence-corrected chi connectivity index (χ1v) is 5.85. The van der Waals surface area contributed by atoms with Gasteiger partial charge in [-0.05, 0) is 24.3 Å². The van der Waals surface area contributed by atoms with Crippen LogP contribution in [0.2, 0.25) is 0 Å². The van der Waals surface area contributed by atoms with Crippen molar-refractivity contribution in [2.24, 2.45) is 0 Å². The van der Waals surface area contributed by atoms with Crippen molar-refractivity contribution in [3.05, 3.63) is 66.2 Å². The van der Waals surface area contributed by atoms with E-state index in [1.165, 1.54) is 0 Å². The molecule has 21 heavy (non-hydrogen) atoms. The summed E-state index contributed by atoms with van der Waals surface area (Å²) < 4.78 is 0.